The molecule has 5 nitrogen and oxygen atoms in total. The van der Waals surface area contributed by atoms with Crippen molar-refractivity contribution in [3.63, 3.8) is 0 Å². The van der Waals surface area contributed by atoms with Crippen LogP contribution < -0.4 is 5.32 Å². The van der Waals surface area contributed by atoms with E-state index < -0.39 is 29.6 Å². The molecule has 2 unspecified atom stereocenters. The number of nitrogens with zero attached hydrogens (tertiary/aromatic N) is 2. The van der Waals surface area contributed by atoms with Crippen LogP contribution in [0.15, 0.2) is 42.6 Å². The van der Waals surface area contributed by atoms with E-state index in [4.69, 9.17) is 29.8 Å². The maximum Gasteiger partial charge on any atom is 0.269 e. The van der Waals surface area contributed by atoms with Crippen LogP contribution >= 0.6 is 23.2 Å². The molecule has 1 heterocycles. The Morgan fingerprint density at radius 2 is 1.88 bits per heavy atom. The molecule has 2 rings (SSSR count). The average Bonchev–Trinajstić information content (AvgIpc) is 2.65. The largest absolute Gasteiger partial charge is 0.386 e. The Morgan fingerprint density at radius 1 is 1.24 bits per heavy atom. The van der Waals surface area contributed by atoms with E-state index in [1.54, 1.807) is 42.6 Å². The lowest BCUT2D eigenvalue weighted by molar-refractivity contribution is -0.121. The highest BCUT2D eigenvalue weighted by Crippen LogP contribution is 2.24. The van der Waals surface area contributed by atoms with Crippen LogP contribution in [0.2, 0.25) is 0 Å². The minimum Gasteiger partial charge on any atom is -0.386 e. The van der Waals surface area contributed by atoms with E-state index in [0.29, 0.717) is 11.4 Å². The molecule has 2 N–H and O–H groups in total. The second-order valence-electron chi connectivity index (χ2n) is 5.15. The number of nitrogens with one attached hydrogen (secondary N) is 1. The first-order chi connectivity index (χ1) is 12.0. The number of hydrogen-bond donors (Lipinski definition) is 2. The van der Waals surface area contributed by atoms with Gasteiger partial charge < -0.3 is 15.3 Å². The summed E-state index contributed by atoms with van der Waals surface area (Å²) < 4.78 is 13.1. The summed E-state index contributed by atoms with van der Waals surface area (Å²) in [4.78, 5) is 17.3. The minimum absolute atomic E-state index is 0.300. The number of alkyl halides is 3. The zero-order valence-corrected chi connectivity index (χ0v) is 14.4. The molecule has 0 saturated carbocycles. The van der Waals surface area contributed by atoms with E-state index >= 15 is 0 Å². The predicted octanol–water partition coefficient (Wildman–Crippen LogP) is 3.59. The normalized spacial score (nSPS) is 13.1. The number of aliphatic hydroxyl groups excluding tert-OH is 1. The standard InChI is InChI=1S/C17H14Cl2FN3O2/c1-21-14-7-6-12(9-22-14)10-2-4-11(5-3-10)15(24)13(8-20)23-17(25)16(18)19/h2-7,9,13,15-16,24H,8H2,(H,23,25). The number of carbonyl (C=O) groups excluding carboxylic acids is 1. The number of amides is 1. The highest BCUT2D eigenvalue weighted by Gasteiger charge is 2.25. The van der Waals surface area contributed by atoms with Crippen molar-refractivity contribution in [3.8, 4) is 11.1 Å². The summed E-state index contributed by atoms with van der Waals surface area (Å²) >= 11 is 10.8. The molecule has 2 atom stereocenters. The van der Waals surface area contributed by atoms with Gasteiger partial charge in [0, 0.05) is 5.56 Å². The van der Waals surface area contributed by atoms with Crippen molar-refractivity contribution in [2.45, 2.75) is 17.0 Å². The van der Waals surface area contributed by atoms with Gasteiger partial charge >= 0.3 is 0 Å². The molecule has 130 valence electrons. The lowest BCUT2D eigenvalue weighted by Gasteiger charge is -2.22. The van der Waals surface area contributed by atoms with Gasteiger partial charge in [0.15, 0.2) is 4.84 Å². The van der Waals surface area contributed by atoms with Crippen LogP contribution in [0.4, 0.5) is 10.2 Å². The summed E-state index contributed by atoms with van der Waals surface area (Å²) in [7, 11) is 0. The molecule has 2 aromatic rings. The molecule has 25 heavy (non-hydrogen) atoms. The van der Waals surface area contributed by atoms with E-state index in [9.17, 15) is 14.3 Å². The van der Waals surface area contributed by atoms with Gasteiger partial charge in [-0.1, -0.05) is 60.1 Å². The second-order valence-corrected chi connectivity index (χ2v) is 6.25. The van der Waals surface area contributed by atoms with E-state index in [2.05, 4.69) is 15.1 Å². The Labute approximate surface area is 154 Å². The molecule has 1 amide bonds. The van der Waals surface area contributed by atoms with Gasteiger partial charge in [0.2, 0.25) is 0 Å². The summed E-state index contributed by atoms with van der Waals surface area (Å²) in [6, 6.07) is 8.92. The summed E-state index contributed by atoms with van der Waals surface area (Å²) in [6.07, 6.45) is 0.322. The van der Waals surface area contributed by atoms with Crippen LogP contribution in [-0.4, -0.2) is 33.6 Å². The zero-order valence-electron chi connectivity index (χ0n) is 12.9. The third-order valence-corrected chi connectivity index (χ3v) is 3.92. The lowest BCUT2D eigenvalue weighted by Crippen LogP contribution is -2.43. The van der Waals surface area contributed by atoms with Crippen molar-refractivity contribution >= 4 is 34.9 Å². The monoisotopic (exact) mass is 381 g/mol. The highest BCUT2D eigenvalue weighted by molar-refractivity contribution is 6.53. The smallest absolute Gasteiger partial charge is 0.269 e. The Bertz CT molecular complexity index is 761. The minimum atomic E-state index is -1.34. The van der Waals surface area contributed by atoms with Gasteiger partial charge in [-0.15, -0.1) is 4.98 Å². The van der Waals surface area contributed by atoms with Crippen LogP contribution in [0.1, 0.15) is 11.7 Å². The van der Waals surface area contributed by atoms with Crippen molar-refractivity contribution in [1.82, 2.24) is 10.3 Å². The number of aromatic nitrogens is 1. The third-order valence-electron chi connectivity index (χ3n) is 3.52. The predicted molar refractivity (Wildman–Crippen MR) is 94.3 cm³/mol. The molecule has 0 aliphatic carbocycles. The molecule has 8 heteroatoms. The van der Waals surface area contributed by atoms with E-state index in [0.717, 1.165) is 11.1 Å². The molecule has 0 saturated heterocycles. The van der Waals surface area contributed by atoms with Gasteiger partial charge in [0.1, 0.15) is 19.0 Å². The fourth-order valence-corrected chi connectivity index (χ4v) is 2.30. The molecular formula is C17H14Cl2FN3O2. The molecule has 1 aromatic carbocycles. The molecular weight excluding hydrogens is 368 g/mol. The van der Waals surface area contributed by atoms with Crippen molar-refractivity contribution in [1.29, 1.82) is 0 Å². The second kappa shape index (κ2) is 8.77. The average molecular weight is 382 g/mol. The first-order valence-corrected chi connectivity index (χ1v) is 8.10. The Hall–Kier alpha value is -2.20. The number of rotatable bonds is 6. The van der Waals surface area contributed by atoms with Crippen LogP contribution in [0.5, 0.6) is 0 Å². The van der Waals surface area contributed by atoms with Gasteiger partial charge in [-0.05, 0) is 17.2 Å². The molecule has 0 fully saturated rings. The molecule has 0 radical (unpaired) electrons. The number of hydrogen-bond acceptors (Lipinski definition) is 3. The first-order valence-electron chi connectivity index (χ1n) is 7.22. The van der Waals surface area contributed by atoms with E-state index in [1.165, 1.54) is 0 Å². The number of aliphatic hydroxyl groups is 1. The zero-order chi connectivity index (χ0) is 18.4. The van der Waals surface area contributed by atoms with Crippen LogP contribution in [0, 0.1) is 6.57 Å². The van der Waals surface area contributed by atoms with Crippen LogP contribution in [-0.2, 0) is 4.79 Å². The molecule has 0 aliphatic heterocycles. The lowest BCUT2D eigenvalue weighted by atomic mass is 9.99. The van der Waals surface area contributed by atoms with Gasteiger partial charge in [0.05, 0.1) is 6.04 Å². The summed E-state index contributed by atoms with van der Waals surface area (Å²) in [5.74, 6) is -0.471. The van der Waals surface area contributed by atoms with Gasteiger partial charge in [-0.2, -0.15) is 0 Å². The van der Waals surface area contributed by atoms with E-state index in [-0.39, 0.29) is 0 Å². The molecule has 0 spiro atoms. The summed E-state index contributed by atoms with van der Waals surface area (Å²) in [6.45, 7) is 5.91. The van der Waals surface area contributed by atoms with Gasteiger partial charge in [-0.25, -0.2) is 4.39 Å². The molecule has 0 bridgehead atoms. The van der Waals surface area contributed by atoms with Crippen molar-refractivity contribution in [2.75, 3.05) is 6.67 Å². The molecule has 1 aromatic heterocycles. The highest BCUT2D eigenvalue weighted by atomic mass is 35.5. The van der Waals surface area contributed by atoms with Gasteiger partial charge in [-0.3, -0.25) is 4.79 Å². The van der Waals surface area contributed by atoms with E-state index in [1.807, 2.05) is 0 Å². The maximum atomic E-state index is 13.1. The van der Waals surface area contributed by atoms with Crippen molar-refractivity contribution in [2.24, 2.45) is 0 Å². The Kier molecular flexibility index (Phi) is 6.71. The fourth-order valence-electron chi connectivity index (χ4n) is 2.18. The van der Waals surface area contributed by atoms with Gasteiger partial charge in [0.25, 0.3) is 11.7 Å². The maximum absolute atomic E-state index is 13.1. The number of pyridine rings is 1. The summed E-state index contributed by atoms with van der Waals surface area (Å²) in [5.41, 5.74) is 2.05. The Balaban J connectivity index is 2.14. The SMILES string of the molecule is [C-]#[N+]c1ccc(-c2ccc(C(O)C(CF)NC(=O)C(Cl)Cl)cc2)cn1. The third kappa shape index (κ3) is 4.89. The fraction of sp³-hybridized carbons (Fsp3) is 0.235. The van der Waals surface area contributed by atoms with Crippen molar-refractivity contribution < 1.29 is 14.3 Å². The van der Waals surface area contributed by atoms with Crippen LogP contribution in [0.3, 0.4) is 0 Å². The Morgan fingerprint density at radius 3 is 2.36 bits per heavy atom. The molecule has 0 aliphatic rings. The number of halogens is 3. The quantitative estimate of drug-likeness (QED) is 0.593. The van der Waals surface area contributed by atoms with Crippen molar-refractivity contribution in [3.05, 3.63) is 59.6 Å². The number of benzene rings is 1. The number of carbonyl (C=O) groups is 1. The first kappa shape index (κ1) is 19.1. The topological polar surface area (TPSA) is 66.6 Å². The summed E-state index contributed by atoms with van der Waals surface area (Å²) in [5, 5.41) is 12.5. The van der Waals surface area contributed by atoms with Crippen LogP contribution in [0.25, 0.3) is 16.0 Å².